The number of aliphatic carboxylic acids is 1. The van der Waals surface area contributed by atoms with Crippen LogP contribution >= 0.6 is 0 Å². The number of sulfonamides is 1. The summed E-state index contributed by atoms with van der Waals surface area (Å²) >= 11 is 0. The molecule has 0 aromatic heterocycles. The average molecular weight is 396 g/mol. The van der Waals surface area contributed by atoms with Gasteiger partial charge in [-0.1, -0.05) is 0 Å². The highest BCUT2D eigenvalue weighted by molar-refractivity contribution is 7.90. The smallest absolute Gasteiger partial charge is 0.305 e. The number of carboxylic acid groups (broad SMARTS) is 1. The van der Waals surface area contributed by atoms with Crippen LogP contribution in [0.25, 0.3) is 0 Å². The fourth-order valence-corrected chi connectivity index (χ4v) is 5.18. The lowest BCUT2D eigenvalue weighted by Crippen LogP contribution is -2.50. The van der Waals surface area contributed by atoms with Crippen molar-refractivity contribution in [2.24, 2.45) is 0 Å². The van der Waals surface area contributed by atoms with E-state index < -0.39 is 39.4 Å². The number of carbonyl (C=O) groups excluding carboxylic acids is 2. The third kappa shape index (κ3) is 3.30. The SMILES string of the molecule is CC(C)N1C(=O)c2ccc(C(=O)NC3(CC(=O)O)CCOC3)cc2S1(=O)=O. The largest absolute Gasteiger partial charge is 0.481 e. The first-order chi connectivity index (χ1) is 12.6. The highest BCUT2D eigenvalue weighted by Gasteiger charge is 2.43. The molecule has 2 N–H and O–H groups in total. The van der Waals surface area contributed by atoms with Crippen LogP contribution in [0.3, 0.4) is 0 Å². The number of rotatable bonds is 5. The molecule has 1 atom stereocenters. The molecule has 0 saturated carbocycles. The van der Waals surface area contributed by atoms with Crippen molar-refractivity contribution in [3.05, 3.63) is 29.3 Å². The zero-order chi connectivity index (χ0) is 20.0. The van der Waals surface area contributed by atoms with Crippen molar-refractivity contribution in [2.45, 2.75) is 43.2 Å². The molecular weight excluding hydrogens is 376 g/mol. The van der Waals surface area contributed by atoms with Crippen LogP contribution in [-0.2, 0) is 19.6 Å². The number of carboxylic acids is 1. The Labute approximate surface area is 156 Å². The number of carbonyl (C=O) groups is 3. The molecule has 1 unspecified atom stereocenters. The van der Waals surface area contributed by atoms with Gasteiger partial charge in [-0.15, -0.1) is 0 Å². The molecule has 1 saturated heterocycles. The van der Waals surface area contributed by atoms with Crippen molar-refractivity contribution in [2.75, 3.05) is 13.2 Å². The van der Waals surface area contributed by atoms with E-state index in [1.165, 1.54) is 12.1 Å². The Hall–Kier alpha value is -2.46. The van der Waals surface area contributed by atoms with Crippen molar-refractivity contribution in [3.63, 3.8) is 0 Å². The van der Waals surface area contributed by atoms with Gasteiger partial charge in [0.05, 0.1) is 24.1 Å². The molecule has 0 radical (unpaired) electrons. The molecule has 0 aliphatic carbocycles. The van der Waals surface area contributed by atoms with Gasteiger partial charge in [0.15, 0.2) is 0 Å². The van der Waals surface area contributed by atoms with Gasteiger partial charge in [0.25, 0.3) is 21.8 Å². The Morgan fingerprint density at radius 2 is 2.07 bits per heavy atom. The third-order valence-electron chi connectivity index (χ3n) is 4.65. The van der Waals surface area contributed by atoms with E-state index in [2.05, 4.69) is 5.32 Å². The van der Waals surface area contributed by atoms with Crippen molar-refractivity contribution in [1.29, 1.82) is 0 Å². The Kier molecular flexibility index (Phi) is 4.73. The number of amides is 2. The maximum atomic E-state index is 12.6. The van der Waals surface area contributed by atoms with Gasteiger partial charge < -0.3 is 15.2 Å². The minimum atomic E-state index is -4.03. The van der Waals surface area contributed by atoms with Crippen LogP contribution in [0.4, 0.5) is 0 Å². The van der Waals surface area contributed by atoms with Gasteiger partial charge in [-0.25, -0.2) is 12.7 Å². The normalized spacial score (nSPS) is 23.5. The lowest BCUT2D eigenvalue weighted by atomic mass is 9.93. The molecule has 0 spiro atoms. The molecule has 3 rings (SSSR count). The predicted molar refractivity (Wildman–Crippen MR) is 92.8 cm³/mol. The Bertz CT molecular complexity index is 917. The standard InChI is InChI=1S/C17H20N2O7S/c1-10(2)19-16(23)12-4-3-11(7-13(12)27(19,24)25)15(22)18-17(8-14(20)21)5-6-26-9-17/h3-4,7,10H,5-6,8-9H2,1-2H3,(H,18,22)(H,20,21). The molecule has 2 aliphatic heterocycles. The summed E-state index contributed by atoms with van der Waals surface area (Å²) in [6.07, 6.45) is 0.0372. The molecule has 9 nitrogen and oxygen atoms in total. The van der Waals surface area contributed by atoms with Crippen LogP contribution in [-0.4, -0.2) is 60.4 Å². The molecule has 0 bridgehead atoms. The van der Waals surface area contributed by atoms with E-state index >= 15 is 0 Å². The van der Waals surface area contributed by atoms with Gasteiger partial charge >= 0.3 is 5.97 Å². The summed E-state index contributed by atoms with van der Waals surface area (Å²) in [5, 5.41) is 11.8. The molecule has 1 aromatic carbocycles. The lowest BCUT2D eigenvalue weighted by Gasteiger charge is -2.27. The fraction of sp³-hybridized carbons (Fsp3) is 0.471. The first-order valence-corrected chi connectivity index (χ1v) is 9.86. The first kappa shape index (κ1) is 19.3. The van der Waals surface area contributed by atoms with Crippen LogP contribution < -0.4 is 5.32 Å². The van der Waals surface area contributed by atoms with Gasteiger partial charge in [0, 0.05) is 18.2 Å². The summed E-state index contributed by atoms with van der Waals surface area (Å²) in [5.41, 5.74) is -0.988. The summed E-state index contributed by atoms with van der Waals surface area (Å²) in [4.78, 5) is 35.9. The van der Waals surface area contributed by atoms with Crippen molar-refractivity contribution >= 4 is 27.8 Å². The number of hydrogen-bond donors (Lipinski definition) is 2. The second-order valence-electron chi connectivity index (χ2n) is 7.02. The van der Waals surface area contributed by atoms with Crippen LogP contribution in [0.5, 0.6) is 0 Å². The molecule has 2 aliphatic rings. The van der Waals surface area contributed by atoms with E-state index in [1.54, 1.807) is 13.8 Å². The van der Waals surface area contributed by atoms with Crippen LogP contribution in [0, 0.1) is 0 Å². The topological polar surface area (TPSA) is 130 Å². The maximum absolute atomic E-state index is 12.6. The molecule has 1 fully saturated rings. The van der Waals surface area contributed by atoms with E-state index in [-0.39, 0.29) is 29.1 Å². The van der Waals surface area contributed by atoms with Crippen molar-refractivity contribution in [1.82, 2.24) is 9.62 Å². The molecule has 10 heteroatoms. The van der Waals surface area contributed by atoms with Gasteiger partial charge in [-0.3, -0.25) is 14.4 Å². The molecule has 1 aromatic rings. The second kappa shape index (κ2) is 6.61. The number of hydrogen-bond acceptors (Lipinski definition) is 6. The van der Waals surface area contributed by atoms with E-state index in [0.717, 1.165) is 10.4 Å². The summed E-state index contributed by atoms with van der Waals surface area (Å²) in [5.74, 6) is -2.32. The number of nitrogens with one attached hydrogen (secondary N) is 1. The van der Waals surface area contributed by atoms with Crippen LogP contribution in [0.1, 0.15) is 47.4 Å². The number of fused-ring (bicyclic) bond motifs is 1. The van der Waals surface area contributed by atoms with Gasteiger partial charge in [0.1, 0.15) is 4.90 Å². The zero-order valence-corrected chi connectivity index (χ0v) is 15.7. The van der Waals surface area contributed by atoms with Crippen LogP contribution in [0.2, 0.25) is 0 Å². The highest BCUT2D eigenvalue weighted by atomic mass is 32.2. The Morgan fingerprint density at radius 1 is 1.37 bits per heavy atom. The lowest BCUT2D eigenvalue weighted by molar-refractivity contribution is -0.138. The summed E-state index contributed by atoms with van der Waals surface area (Å²) in [7, 11) is -4.03. The molecule has 2 amide bonds. The Balaban J connectivity index is 1.92. The summed E-state index contributed by atoms with van der Waals surface area (Å²) < 4.78 is 31.3. The van der Waals surface area contributed by atoms with E-state index in [4.69, 9.17) is 9.84 Å². The predicted octanol–water partition coefficient (Wildman–Crippen LogP) is 0.603. The third-order valence-corrected chi connectivity index (χ3v) is 6.65. The minimum absolute atomic E-state index is 0.0182. The van der Waals surface area contributed by atoms with Crippen LogP contribution in [0.15, 0.2) is 23.1 Å². The summed E-state index contributed by atoms with van der Waals surface area (Å²) in [6.45, 7) is 3.56. The highest BCUT2D eigenvalue weighted by Crippen LogP contribution is 2.33. The summed E-state index contributed by atoms with van der Waals surface area (Å²) in [6, 6.07) is 3.27. The van der Waals surface area contributed by atoms with Crippen molar-refractivity contribution in [3.8, 4) is 0 Å². The van der Waals surface area contributed by atoms with Gasteiger partial charge in [-0.05, 0) is 38.5 Å². The fourth-order valence-electron chi connectivity index (χ4n) is 3.39. The number of ether oxygens (including phenoxy) is 1. The van der Waals surface area contributed by atoms with Crippen molar-refractivity contribution < 1.29 is 32.6 Å². The van der Waals surface area contributed by atoms with Gasteiger partial charge in [0.2, 0.25) is 0 Å². The molecule has 146 valence electrons. The van der Waals surface area contributed by atoms with E-state index in [9.17, 15) is 22.8 Å². The number of nitrogens with zero attached hydrogens (tertiary/aromatic N) is 1. The van der Waals surface area contributed by atoms with E-state index in [0.29, 0.717) is 13.0 Å². The average Bonchev–Trinajstić information content (AvgIpc) is 3.07. The molecule has 2 heterocycles. The minimum Gasteiger partial charge on any atom is -0.481 e. The monoisotopic (exact) mass is 396 g/mol. The molecule has 27 heavy (non-hydrogen) atoms. The first-order valence-electron chi connectivity index (χ1n) is 8.42. The number of benzene rings is 1. The Morgan fingerprint density at radius 3 is 2.63 bits per heavy atom. The van der Waals surface area contributed by atoms with E-state index in [1.807, 2.05) is 0 Å². The molecular formula is C17H20N2O7S. The zero-order valence-electron chi connectivity index (χ0n) is 14.9. The maximum Gasteiger partial charge on any atom is 0.305 e. The van der Waals surface area contributed by atoms with Gasteiger partial charge in [-0.2, -0.15) is 0 Å². The second-order valence-corrected chi connectivity index (χ2v) is 8.80. The quantitative estimate of drug-likeness (QED) is 0.745.